The summed E-state index contributed by atoms with van der Waals surface area (Å²) in [5, 5.41) is 3.10. The molecule has 0 unspecified atom stereocenters. The molecule has 1 aromatic carbocycles. The monoisotopic (exact) mass is 305 g/mol. The van der Waals surface area contributed by atoms with E-state index in [0.29, 0.717) is 17.9 Å². The molecule has 0 saturated heterocycles. The molecule has 2 rings (SSSR count). The normalized spacial score (nSPS) is 11.1. The van der Waals surface area contributed by atoms with Crippen molar-refractivity contribution in [1.29, 1.82) is 0 Å². The van der Waals surface area contributed by atoms with Crippen LogP contribution in [0.1, 0.15) is 18.9 Å². The summed E-state index contributed by atoms with van der Waals surface area (Å²) in [6.45, 7) is 4.62. The van der Waals surface area contributed by atoms with Crippen LogP contribution >= 0.6 is 0 Å². The number of sulfonamides is 1. The van der Waals surface area contributed by atoms with E-state index in [9.17, 15) is 8.42 Å². The number of nitrogens with one attached hydrogen (secondary N) is 2. The number of pyridine rings is 1. The van der Waals surface area contributed by atoms with E-state index in [2.05, 4.69) is 15.0 Å². The maximum absolute atomic E-state index is 12.5. The summed E-state index contributed by atoms with van der Waals surface area (Å²) in [6, 6.07) is 10.6. The largest absolute Gasteiger partial charge is 0.383 e. The molecule has 0 aliphatic carbocycles. The van der Waals surface area contributed by atoms with Crippen molar-refractivity contribution in [2.45, 2.75) is 25.3 Å². The van der Waals surface area contributed by atoms with Crippen molar-refractivity contribution in [2.24, 2.45) is 0 Å². The fraction of sp³-hybridized carbons (Fsp3) is 0.267. The van der Waals surface area contributed by atoms with Gasteiger partial charge in [-0.1, -0.05) is 19.1 Å². The average molecular weight is 305 g/mol. The minimum Gasteiger partial charge on any atom is -0.383 e. The molecule has 0 saturated carbocycles. The molecular weight excluding hydrogens is 286 g/mol. The van der Waals surface area contributed by atoms with Gasteiger partial charge in [0.2, 0.25) is 0 Å². The lowest BCUT2D eigenvalue weighted by Gasteiger charge is -2.12. The van der Waals surface area contributed by atoms with E-state index < -0.39 is 10.0 Å². The van der Waals surface area contributed by atoms with E-state index in [4.69, 9.17) is 0 Å². The van der Waals surface area contributed by atoms with Gasteiger partial charge in [0.1, 0.15) is 0 Å². The minimum atomic E-state index is -3.71. The third-order valence-corrected chi connectivity index (χ3v) is 4.20. The molecule has 5 nitrogen and oxygen atoms in total. The first-order valence-electron chi connectivity index (χ1n) is 6.81. The molecule has 112 valence electrons. The summed E-state index contributed by atoms with van der Waals surface area (Å²) in [4.78, 5) is 4.01. The smallest absolute Gasteiger partial charge is 0.281 e. The summed E-state index contributed by atoms with van der Waals surface area (Å²) < 4.78 is 27.5. The molecular formula is C15H19N3O2S. The highest BCUT2D eigenvalue weighted by Gasteiger charge is 2.20. The van der Waals surface area contributed by atoms with Gasteiger partial charge in [-0.05, 0) is 43.2 Å². The van der Waals surface area contributed by atoms with Crippen LogP contribution in [-0.2, 0) is 10.0 Å². The van der Waals surface area contributed by atoms with Gasteiger partial charge in [-0.15, -0.1) is 0 Å². The number of nitrogens with zero attached hydrogens (tertiary/aromatic N) is 1. The molecule has 21 heavy (non-hydrogen) atoms. The highest BCUT2D eigenvalue weighted by molar-refractivity contribution is 7.92. The average Bonchev–Trinajstić information content (AvgIpc) is 2.45. The van der Waals surface area contributed by atoms with Crippen LogP contribution in [0.25, 0.3) is 0 Å². The molecule has 1 aromatic heterocycles. The standard InChI is InChI=1S/C15H19N3O2S/c1-3-9-16-14-8-5-10-17-15(14)21(19,20)18-13-7-4-6-12(2)11-13/h4-8,10-11,16,18H,3,9H2,1-2H3. The van der Waals surface area contributed by atoms with Crippen molar-refractivity contribution < 1.29 is 8.42 Å². The van der Waals surface area contributed by atoms with Gasteiger partial charge >= 0.3 is 0 Å². The van der Waals surface area contributed by atoms with Gasteiger partial charge in [-0.25, -0.2) is 4.98 Å². The van der Waals surface area contributed by atoms with Gasteiger partial charge in [-0.3, -0.25) is 4.72 Å². The number of hydrogen-bond acceptors (Lipinski definition) is 4. The highest BCUT2D eigenvalue weighted by atomic mass is 32.2. The molecule has 0 fully saturated rings. The maximum atomic E-state index is 12.5. The number of aryl methyl sites for hydroxylation is 1. The fourth-order valence-electron chi connectivity index (χ4n) is 1.91. The summed E-state index contributed by atoms with van der Waals surface area (Å²) in [7, 11) is -3.71. The van der Waals surface area contributed by atoms with Crippen LogP contribution in [0.4, 0.5) is 11.4 Å². The van der Waals surface area contributed by atoms with Crippen molar-refractivity contribution in [1.82, 2.24) is 4.98 Å². The molecule has 2 aromatic rings. The number of anilines is 2. The van der Waals surface area contributed by atoms with Crippen molar-refractivity contribution in [3.05, 3.63) is 48.2 Å². The second kappa shape index (κ2) is 6.58. The van der Waals surface area contributed by atoms with Crippen LogP contribution in [-0.4, -0.2) is 19.9 Å². The summed E-state index contributed by atoms with van der Waals surface area (Å²) >= 11 is 0. The van der Waals surface area contributed by atoms with E-state index in [1.807, 2.05) is 26.0 Å². The maximum Gasteiger partial charge on any atom is 0.281 e. The Labute approximate surface area is 125 Å². The van der Waals surface area contributed by atoms with Crippen molar-refractivity contribution in [3.63, 3.8) is 0 Å². The third-order valence-electron chi connectivity index (χ3n) is 2.86. The van der Waals surface area contributed by atoms with Gasteiger partial charge in [-0.2, -0.15) is 8.42 Å². The molecule has 6 heteroatoms. The number of rotatable bonds is 6. The minimum absolute atomic E-state index is 0.0138. The second-order valence-electron chi connectivity index (χ2n) is 4.76. The van der Waals surface area contributed by atoms with Crippen molar-refractivity contribution in [2.75, 3.05) is 16.6 Å². The SMILES string of the molecule is CCCNc1cccnc1S(=O)(=O)Nc1cccc(C)c1. The molecule has 0 amide bonds. The van der Waals surface area contributed by atoms with E-state index in [-0.39, 0.29) is 5.03 Å². The first-order valence-corrected chi connectivity index (χ1v) is 8.29. The molecule has 1 heterocycles. The summed E-state index contributed by atoms with van der Waals surface area (Å²) in [5.41, 5.74) is 2.03. The Bertz CT molecular complexity index is 714. The Hall–Kier alpha value is -2.08. The lowest BCUT2D eigenvalue weighted by atomic mass is 10.2. The molecule has 0 aliphatic heterocycles. The van der Waals surface area contributed by atoms with Crippen LogP contribution in [0, 0.1) is 6.92 Å². The number of benzene rings is 1. The van der Waals surface area contributed by atoms with Crippen LogP contribution in [0.3, 0.4) is 0 Å². The van der Waals surface area contributed by atoms with Gasteiger partial charge in [0.05, 0.1) is 5.69 Å². The Kier molecular flexibility index (Phi) is 4.80. The van der Waals surface area contributed by atoms with Gasteiger partial charge in [0.15, 0.2) is 5.03 Å². The molecule has 0 radical (unpaired) electrons. The number of aromatic nitrogens is 1. The van der Waals surface area contributed by atoms with Gasteiger partial charge < -0.3 is 5.32 Å². The van der Waals surface area contributed by atoms with E-state index >= 15 is 0 Å². The quantitative estimate of drug-likeness (QED) is 0.860. The molecule has 0 aliphatic rings. The first kappa shape index (κ1) is 15.3. The Morgan fingerprint density at radius 3 is 2.71 bits per heavy atom. The molecule has 0 spiro atoms. The lowest BCUT2D eigenvalue weighted by molar-refractivity contribution is 0.598. The Balaban J connectivity index is 2.31. The van der Waals surface area contributed by atoms with Crippen LogP contribution in [0.2, 0.25) is 0 Å². The van der Waals surface area contributed by atoms with E-state index in [0.717, 1.165) is 12.0 Å². The van der Waals surface area contributed by atoms with Crippen LogP contribution in [0.15, 0.2) is 47.6 Å². The van der Waals surface area contributed by atoms with Crippen molar-refractivity contribution in [3.8, 4) is 0 Å². The summed E-state index contributed by atoms with van der Waals surface area (Å²) in [6.07, 6.45) is 2.38. The first-order chi connectivity index (χ1) is 10.0. The molecule has 0 atom stereocenters. The lowest BCUT2D eigenvalue weighted by Crippen LogP contribution is -2.17. The topological polar surface area (TPSA) is 71.1 Å². The van der Waals surface area contributed by atoms with Gasteiger partial charge in [0.25, 0.3) is 10.0 Å². The molecule has 2 N–H and O–H groups in total. The zero-order chi connectivity index (χ0) is 15.3. The van der Waals surface area contributed by atoms with Gasteiger partial charge in [0, 0.05) is 18.4 Å². The van der Waals surface area contributed by atoms with E-state index in [1.54, 1.807) is 24.3 Å². The second-order valence-corrected chi connectivity index (χ2v) is 6.36. The fourth-order valence-corrected chi connectivity index (χ4v) is 3.07. The highest BCUT2D eigenvalue weighted by Crippen LogP contribution is 2.21. The predicted molar refractivity (Wildman–Crippen MR) is 85.0 cm³/mol. The zero-order valence-electron chi connectivity index (χ0n) is 12.1. The van der Waals surface area contributed by atoms with Crippen LogP contribution < -0.4 is 10.0 Å². The Morgan fingerprint density at radius 2 is 2.00 bits per heavy atom. The predicted octanol–water partition coefficient (Wildman–Crippen LogP) is 3.01. The zero-order valence-corrected chi connectivity index (χ0v) is 12.9. The third kappa shape index (κ3) is 3.95. The number of hydrogen-bond donors (Lipinski definition) is 2. The van der Waals surface area contributed by atoms with Crippen molar-refractivity contribution >= 4 is 21.4 Å². The Morgan fingerprint density at radius 1 is 1.19 bits per heavy atom. The molecule has 0 bridgehead atoms. The van der Waals surface area contributed by atoms with Crippen LogP contribution in [0.5, 0.6) is 0 Å². The van der Waals surface area contributed by atoms with E-state index in [1.165, 1.54) is 6.20 Å². The summed E-state index contributed by atoms with van der Waals surface area (Å²) in [5.74, 6) is 0.